The molecule has 0 aliphatic heterocycles. The molecule has 1 aromatic carbocycles. The number of benzene rings is 1. The van der Waals surface area contributed by atoms with Gasteiger partial charge in [-0.2, -0.15) is 0 Å². The Balaban J connectivity index is 2.28. The second-order valence-electron chi connectivity index (χ2n) is 4.76. The molecule has 0 amide bonds. The standard InChI is InChI=1S/C16H18Cl2N2/c1-3-19-15(12-7-8-20-11(2)9-12)10-13-5-4-6-14(17)16(13)18/h4-9,15,19H,3,10H2,1-2H3. The summed E-state index contributed by atoms with van der Waals surface area (Å²) in [5, 5.41) is 4.74. The number of likely N-dealkylation sites (N-methyl/N-ethyl adjacent to an activating group) is 1. The number of pyridine rings is 1. The lowest BCUT2D eigenvalue weighted by Crippen LogP contribution is -2.23. The van der Waals surface area contributed by atoms with E-state index in [0.29, 0.717) is 10.0 Å². The van der Waals surface area contributed by atoms with Gasteiger partial charge < -0.3 is 5.32 Å². The highest BCUT2D eigenvalue weighted by molar-refractivity contribution is 6.42. The maximum atomic E-state index is 6.28. The molecule has 0 radical (unpaired) electrons. The Bertz CT molecular complexity index is 584. The molecule has 20 heavy (non-hydrogen) atoms. The van der Waals surface area contributed by atoms with E-state index in [2.05, 4.69) is 23.3 Å². The molecule has 2 rings (SSSR count). The van der Waals surface area contributed by atoms with Crippen LogP contribution in [0.1, 0.15) is 29.8 Å². The molecular weight excluding hydrogens is 291 g/mol. The second-order valence-corrected chi connectivity index (χ2v) is 5.54. The maximum Gasteiger partial charge on any atom is 0.0624 e. The average molecular weight is 309 g/mol. The Morgan fingerprint density at radius 3 is 2.75 bits per heavy atom. The third-order valence-corrected chi connectivity index (χ3v) is 4.09. The highest BCUT2D eigenvalue weighted by atomic mass is 35.5. The topological polar surface area (TPSA) is 24.9 Å². The molecule has 0 bridgehead atoms. The third-order valence-electron chi connectivity index (χ3n) is 3.23. The lowest BCUT2D eigenvalue weighted by Gasteiger charge is -2.19. The van der Waals surface area contributed by atoms with Crippen molar-refractivity contribution < 1.29 is 0 Å². The lowest BCUT2D eigenvalue weighted by atomic mass is 9.99. The minimum Gasteiger partial charge on any atom is -0.310 e. The lowest BCUT2D eigenvalue weighted by molar-refractivity contribution is 0.549. The number of aryl methyl sites for hydroxylation is 1. The fourth-order valence-electron chi connectivity index (χ4n) is 2.26. The maximum absolute atomic E-state index is 6.28. The summed E-state index contributed by atoms with van der Waals surface area (Å²) >= 11 is 12.4. The van der Waals surface area contributed by atoms with Crippen LogP contribution in [-0.2, 0) is 6.42 Å². The van der Waals surface area contributed by atoms with Gasteiger partial charge in [0, 0.05) is 17.9 Å². The molecule has 0 saturated carbocycles. The molecule has 0 fully saturated rings. The fourth-order valence-corrected chi connectivity index (χ4v) is 2.66. The van der Waals surface area contributed by atoms with Gasteiger partial charge in [0.1, 0.15) is 0 Å². The van der Waals surface area contributed by atoms with Crippen LogP contribution in [-0.4, -0.2) is 11.5 Å². The zero-order valence-corrected chi connectivity index (χ0v) is 13.2. The predicted molar refractivity (Wildman–Crippen MR) is 85.6 cm³/mol. The van der Waals surface area contributed by atoms with Crippen molar-refractivity contribution in [1.82, 2.24) is 10.3 Å². The Morgan fingerprint density at radius 1 is 1.25 bits per heavy atom. The Kier molecular flexibility index (Phi) is 5.41. The molecule has 2 aromatic rings. The van der Waals surface area contributed by atoms with Gasteiger partial charge in [0.05, 0.1) is 10.0 Å². The van der Waals surface area contributed by atoms with Crippen LogP contribution < -0.4 is 5.32 Å². The molecule has 106 valence electrons. The van der Waals surface area contributed by atoms with Crippen molar-refractivity contribution in [3.63, 3.8) is 0 Å². The first-order valence-electron chi connectivity index (χ1n) is 6.70. The molecule has 2 nitrogen and oxygen atoms in total. The minimum atomic E-state index is 0.206. The van der Waals surface area contributed by atoms with E-state index in [0.717, 1.165) is 24.2 Å². The van der Waals surface area contributed by atoms with Crippen molar-refractivity contribution in [2.45, 2.75) is 26.3 Å². The smallest absolute Gasteiger partial charge is 0.0624 e. The molecule has 4 heteroatoms. The molecule has 0 saturated heterocycles. The number of halogens is 2. The van der Waals surface area contributed by atoms with Crippen molar-refractivity contribution in [1.29, 1.82) is 0 Å². The van der Waals surface area contributed by atoms with E-state index in [4.69, 9.17) is 23.2 Å². The molecular formula is C16H18Cl2N2. The van der Waals surface area contributed by atoms with Crippen LogP contribution in [0.25, 0.3) is 0 Å². The van der Waals surface area contributed by atoms with Crippen LogP contribution in [0.15, 0.2) is 36.5 Å². The first kappa shape index (κ1) is 15.3. The van der Waals surface area contributed by atoms with Crippen molar-refractivity contribution in [3.8, 4) is 0 Å². The highest BCUT2D eigenvalue weighted by Crippen LogP contribution is 2.29. The zero-order valence-electron chi connectivity index (χ0n) is 11.7. The SMILES string of the molecule is CCNC(Cc1cccc(Cl)c1Cl)c1ccnc(C)c1. The monoisotopic (exact) mass is 308 g/mol. The van der Waals surface area contributed by atoms with Gasteiger partial charge in [-0.3, -0.25) is 4.98 Å². The molecule has 0 spiro atoms. The number of nitrogens with zero attached hydrogens (tertiary/aromatic N) is 1. The molecule has 0 aliphatic carbocycles. The van der Waals surface area contributed by atoms with E-state index < -0.39 is 0 Å². The summed E-state index contributed by atoms with van der Waals surface area (Å²) in [6.45, 7) is 4.99. The number of hydrogen-bond acceptors (Lipinski definition) is 2. The number of rotatable bonds is 5. The van der Waals surface area contributed by atoms with Gasteiger partial charge in [-0.05, 0) is 49.2 Å². The largest absolute Gasteiger partial charge is 0.310 e. The van der Waals surface area contributed by atoms with Crippen LogP contribution in [0.3, 0.4) is 0 Å². The summed E-state index contributed by atoms with van der Waals surface area (Å²) < 4.78 is 0. The summed E-state index contributed by atoms with van der Waals surface area (Å²) in [6, 6.07) is 10.1. The average Bonchev–Trinajstić information content (AvgIpc) is 2.43. The van der Waals surface area contributed by atoms with Crippen LogP contribution >= 0.6 is 23.2 Å². The Hall–Kier alpha value is -1.09. The minimum absolute atomic E-state index is 0.206. The van der Waals surface area contributed by atoms with Gasteiger partial charge in [-0.1, -0.05) is 42.3 Å². The van der Waals surface area contributed by atoms with Gasteiger partial charge in [0.15, 0.2) is 0 Å². The Labute approximate surface area is 130 Å². The fraction of sp³-hybridized carbons (Fsp3) is 0.312. The van der Waals surface area contributed by atoms with E-state index in [9.17, 15) is 0 Å². The van der Waals surface area contributed by atoms with Crippen molar-refractivity contribution in [2.24, 2.45) is 0 Å². The van der Waals surface area contributed by atoms with E-state index in [-0.39, 0.29) is 6.04 Å². The summed E-state index contributed by atoms with van der Waals surface area (Å²) in [6.07, 6.45) is 2.64. The quantitative estimate of drug-likeness (QED) is 0.874. The summed E-state index contributed by atoms with van der Waals surface area (Å²) in [5.41, 5.74) is 3.29. The van der Waals surface area contributed by atoms with E-state index in [1.165, 1.54) is 5.56 Å². The van der Waals surface area contributed by atoms with Crippen LogP contribution in [0.2, 0.25) is 10.0 Å². The summed E-state index contributed by atoms with van der Waals surface area (Å²) in [4.78, 5) is 4.25. The van der Waals surface area contributed by atoms with E-state index in [1.807, 2.05) is 37.4 Å². The van der Waals surface area contributed by atoms with Crippen LogP contribution in [0, 0.1) is 6.92 Å². The van der Waals surface area contributed by atoms with Gasteiger partial charge in [0.25, 0.3) is 0 Å². The first-order chi connectivity index (χ1) is 9.61. The van der Waals surface area contributed by atoms with Crippen LogP contribution in [0.4, 0.5) is 0 Å². The molecule has 1 atom stereocenters. The van der Waals surface area contributed by atoms with Gasteiger partial charge >= 0.3 is 0 Å². The second kappa shape index (κ2) is 7.07. The van der Waals surface area contributed by atoms with E-state index >= 15 is 0 Å². The summed E-state index contributed by atoms with van der Waals surface area (Å²) in [7, 11) is 0. The molecule has 1 unspecified atom stereocenters. The van der Waals surface area contributed by atoms with Gasteiger partial charge in [0.2, 0.25) is 0 Å². The molecule has 1 N–H and O–H groups in total. The van der Waals surface area contributed by atoms with Gasteiger partial charge in [-0.15, -0.1) is 0 Å². The number of nitrogens with one attached hydrogen (secondary N) is 1. The van der Waals surface area contributed by atoms with E-state index in [1.54, 1.807) is 0 Å². The van der Waals surface area contributed by atoms with Crippen molar-refractivity contribution in [2.75, 3.05) is 6.54 Å². The van der Waals surface area contributed by atoms with Crippen molar-refractivity contribution in [3.05, 3.63) is 63.4 Å². The molecule has 0 aliphatic rings. The number of hydrogen-bond donors (Lipinski definition) is 1. The Morgan fingerprint density at radius 2 is 2.05 bits per heavy atom. The normalized spacial score (nSPS) is 12.4. The van der Waals surface area contributed by atoms with Gasteiger partial charge in [-0.25, -0.2) is 0 Å². The molecule has 1 aromatic heterocycles. The first-order valence-corrected chi connectivity index (χ1v) is 7.46. The number of aromatic nitrogens is 1. The third kappa shape index (κ3) is 3.72. The molecule has 1 heterocycles. The predicted octanol–water partition coefficient (Wildman–Crippen LogP) is 4.59. The van der Waals surface area contributed by atoms with Crippen molar-refractivity contribution >= 4 is 23.2 Å². The summed E-state index contributed by atoms with van der Waals surface area (Å²) in [5.74, 6) is 0. The highest BCUT2D eigenvalue weighted by Gasteiger charge is 2.14. The van der Waals surface area contributed by atoms with Crippen LogP contribution in [0.5, 0.6) is 0 Å². The zero-order chi connectivity index (χ0) is 14.5.